The van der Waals surface area contributed by atoms with Gasteiger partial charge in [0.05, 0.1) is 23.4 Å². The van der Waals surface area contributed by atoms with Crippen LogP contribution in [-0.4, -0.2) is 17.6 Å². The van der Waals surface area contributed by atoms with Gasteiger partial charge in [-0.2, -0.15) is 0 Å². The van der Waals surface area contributed by atoms with Gasteiger partial charge >= 0.3 is 0 Å². The quantitative estimate of drug-likeness (QED) is 0.522. The van der Waals surface area contributed by atoms with E-state index in [1.807, 2.05) is 0 Å². The normalized spacial score (nSPS) is 12.3. The molecule has 0 unspecified atom stereocenters. The fraction of sp³-hybridized carbons (Fsp3) is 0.190. The van der Waals surface area contributed by atoms with Crippen molar-refractivity contribution in [3.63, 3.8) is 0 Å². The molecule has 0 fully saturated rings. The van der Waals surface area contributed by atoms with Gasteiger partial charge in [0.1, 0.15) is 11.6 Å². The van der Waals surface area contributed by atoms with Gasteiger partial charge in [-0.05, 0) is 42.3 Å². The number of aryl methyl sites for hydroxylation is 1. The molecular formula is C21H16Cl2FNO4. The van der Waals surface area contributed by atoms with Crippen molar-refractivity contribution in [3.05, 3.63) is 81.0 Å². The Kier molecular flexibility index (Phi) is 5.39. The third-order valence-corrected chi connectivity index (χ3v) is 5.45. The van der Waals surface area contributed by atoms with Crippen molar-refractivity contribution in [2.24, 2.45) is 0 Å². The molecule has 0 N–H and O–H groups in total. The molecule has 29 heavy (non-hydrogen) atoms. The van der Waals surface area contributed by atoms with Crippen LogP contribution in [-0.2, 0) is 13.1 Å². The largest absolute Gasteiger partial charge is 0.467 e. The second kappa shape index (κ2) is 7.97. The molecule has 2 heterocycles. The highest BCUT2D eigenvalue weighted by molar-refractivity contribution is 6.34. The standard InChI is InChI=1S/C21H16Cl2FNO4/c1-12-4-5-16(24)19(20(12)23)21(26)25(10-14-3-2-6-27-14)9-13-7-17-18(8-15(13)22)29-11-28-17/h2-8H,9-11H2,1H3. The maximum atomic E-state index is 14.5. The first-order chi connectivity index (χ1) is 13.9. The van der Waals surface area contributed by atoms with Crippen molar-refractivity contribution < 1.29 is 23.1 Å². The number of amides is 1. The van der Waals surface area contributed by atoms with Gasteiger partial charge < -0.3 is 18.8 Å². The Labute approximate surface area is 176 Å². The first-order valence-corrected chi connectivity index (χ1v) is 9.54. The molecule has 1 aliphatic rings. The van der Waals surface area contributed by atoms with Crippen LogP contribution in [0.2, 0.25) is 10.0 Å². The fourth-order valence-corrected chi connectivity index (χ4v) is 3.53. The minimum Gasteiger partial charge on any atom is -0.467 e. The van der Waals surface area contributed by atoms with Gasteiger partial charge in [-0.15, -0.1) is 0 Å². The van der Waals surface area contributed by atoms with E-state index in [1.54, 1.807) is 31.2 Å². The molecule has 8 heteroatoms. The number of hydrogen-bond acceptors (Lipinski definition) is 4. The Morgan fingerprint density at radius 2 is 1.90 bits per heavy atom. The van der Waals surface area contributed by atoms with Crippen LogP contribution in [0.5, 0.6) is 11.5 Å². The molecule has 5 nitrogen and oxygen atoms in total. The van der Waals surface area contributed by atoms with Gasteiger partial charge in [-0.25, -0.2) is 4.39 Å². The van der Waals surface area contributed by atoms with Crippen LogP contribution in [0.4, 0.5) is 4.39 Å². The molecule has 0 saturated heterocycles. The minimum atomic E-state index is -0.688. The summed E-state index contributed by atoms with van der Waals surface area (Å²) >= 11 is 12.6. The van der Waals surface area contributed by atoms with Crippen LogP contribution in [0, 0.1) is 12.7 Å². The SMILES string of the molecule is Cc1ccc(F)c(C(=O)N(Cc2ccco2)Cc2cc3c(cc2Cl)OCO3)c1Cl. The van der Waals surface area contributed by atoms with E-state index in [4.69, 9.17) is 37.1 Å². The monoisotopic (exact) mass is 435 g/mol. The van der Waals surface area contributed by atoms with E-state index in [2.05, 4.69) is 0 Å². The number of benzene rings is 2. The number of nitrogens with zero attached hydrogens (tertiary/aromatic N) is 1. The molecule has 0 spiro atoms. The summed E-state index contributed by atoms with van der Waals surface area (Å²) in [5.74, 6) is 0.359. The van der Waals surface area contributed by atoms with Gasteiger partial charge in [0.2, 0.25) is 6.79 Å². The van der Waals surface area contributed by atoms with E-state index >= 15 is 0 Å². The topological polar surface area (TPSA) is 51.9 Å². The summed E-state index contributed by atoms with van der Waals surface area (Å²) in [6, 6.07) is 9.55. The number of carbonyl (C=O) groups excluding carboxylic acids is 1. The van der Waals surface area contributed by atoms with Crippen molar-refractivity contribution in [2.45, 2.75) is 20.0 Å². The van der Waals surface area contributed by atoms with Crippen LogP contribution < -0.4 is 9.47 Å². The lowest BCUT2D eigenvalue weighted by Gasteiger charge is -2.24. The lowest BCUT2D eigenvalue weighted by Crippen LogP contribution is -2.31. The number of carbonyl (C=O) groups is 1. The van der Waals surface area contributed by atoms with Crippen LogP contribution in [0.3, 0.4) is 0 Å². The second-order valence-corrected chi connectivity index (χ2v) is 7.38. The highest BCUT2D eigenvalue weighted by atomic mass is 35.5. The Morgan fingerprint density at radius 1 is 1.14 bits per heavy atom. The molecule has 1 aromatic heterocycles. The molecular weight excluding hydrogens is 420 g/mol. The van der Waals surface area contributed by atoms with Gasteiger partial charge in [0, 0.05) is 17.6 Å². The molecule has 0 atom stereocenters. The maximum absolute atomic E-state index is 14.5. The first kappa shape index (κ1) is 19.6. The molecule has 1 aliphatic heterocycles. The second-order valence-electron chi connectivity index (χ2n) is 6.59. The Bertz CT molecular complexity index is 1070. The van der Waals surface area contributed by atoms with Crippen molar-refractivity contribution >= 4 is 29.1 Å². The lowest BCUT2D eigenvalue weighted by molar-refractivity contribution is 0.0713. The molecule has 1 amide bonds. The summed E-state index contributed by atoms with van der Waals surface area (Å²) in [5.41, 5.74) is 1.05. The Balaban J connectivity index is 1.71. The smallest absolute Gasteiger partial charge is 0.259 e. The Morgan fingerprint density at radius 3 is 2.62 bits per heavy atom. The molecule has 0 radical (unpaired) electrons. The molecule has 4 rings (SSSR count). The van der Waals surface area contributed by atoms with E-state index in [0.29, 0.717) is 33.4 Å². The van der Waals surface area contributed by atoms with Crippen molar-refractivity contribution in [3.8, 4) is 11.5 Å². The van der Waals surface area contributed by atoms with E-state index < -0.39 is 11.7 Å². The minimum absolute atomic E-state index is 0.0798. The average molecular weight is 436 g/mol. The van der Waals surface area contributed by atoms with Crippen LogP contribution >= 0.6 is 23.2 Å². The zero-order chi connectivity index (χ0) is 20.5. The zero-order valence-electron chi connectivity index (χ0n) is 15.4. The predicted octanol–water partition coefficient (Wildman–Crippen LogP) is 5.61. The van der Waals surface area contributed by atoms with Gasteiger partial charge in [-0.3, -0.25) is 4.79 Å². The van der Waals surface area contributed by atoms with Crippen molar-refractivity contribution in [1.82, 2.24) is 4.90 Å². The molecule has 3 aromatic rings. The van der Waals surface area contributed by atoms with E-state index in [0.717, 1.165) is 0 Å². The molecule has 0 aliphatic carbocycles. The van der Waals surface area contributed by atoms with Crippen LogP contribution in [0.15, 0.2) is 47.1 Å². The molecule has 0 saturated carbocycles. The van der Waals surface area contributed by atoms with Crippen molar-refractivity contribution in [2.75, 3.05) is 6.79 Å². The predicted molar refractivity (Wildman–Crippen MR) is 106 cm³/mol. The highest BCUT2D eigenvalue weighted by Crippen LogP contribution is 2.37. The third-order valence-electron chi connectivity index (χ3n) is 4.61. The Hall–Kier alpha value is -2.70. The number of fused-ring (bicyclic) bond motifs is 1. The van der Waals surface area contributed by atoms with E-state index in [1.165, 1.54) is 23.3 Å². The van der Waals surface area contributed by atoms with E-state index in [9.17, 15) is 9.18 Å². The molecule has 0 bridgehead atoms. The lowest BCUT2D eigenvalue weighted by atomic mass is 10.1. The first-order valence-electron chi connectivity index (χ1n) is 8.78. The summed E-state index contributed by atoms with van der Waals surface area (Å²) in [5, 5.41) is 0.485. The van der Waals surface area contributed by atoms with Crippen LogP contribution in [0.1, 0.15) is 27.2 Å². The number of rotatable bonds is 5. The molecule has 2 aromatic carbocycles. The summed E-state index contributed by atoms with van der Waals surface area (Å²) in [4.78, 5) is 14.7. The van der Waals surface area contributed by atoms with Gasteiger partial charge in [-0.1, -0.05) is 29.3 Å². The number of hydrogen-bond donors (Lipinski definition) is 0. The summed E-state index contributed by atoms with van der Waals surface area (Å²) < 4.78 is 30.6. The van der Waals surface area contributed by atoms with E-state index in [-0.39, 0.29) is 30.5 Å². The number of furan rings is 1. The fourth-order valence-electron chi connectivity index (χ4n) is 3.09. The molecule has 150 valence electrons. The van der Waals surface area contributed by atoms with Gasteiger partial charge in [0.15, 0.2) is 11.5 Å². The zero-order valence-corrected chi connectivity index (χ0v) is 16.9. The highest BCUT2D eigenvalue weighted by Gasteiger charge is 2.26. The maximum Gasteiger partial charge on any atom is 0.259 e. The summed E-state index contributed by atoms with van der Waals surface area (Å²) in [6.45, 7) is 2.03. The third kappa shape index (κ3) is 3.91. The van der Waals surface area contributed by atoms with Gasteiger partial charge in [0.25, 0.3) is 5.91 Å². The number of halogens is 3. The van der Waals surface area contributed by atoms with Crippen LogP contribution in [0.25, 0.3) is 0 Å². The van der Waals surface area contributed by atoms with Crippen molar-refractivity contribution in [1.29, 1.82) is 0 Å². The summed E-state index contributed by atoms with van der Waals surface area (Å²) in [7, 11) is 0. The number of ether oxygens (including phenoxy) is 2. The summed E-state index contributed by atoms with van der Waals surface area (Å²) in [6.07, 6.45) is 1.51. The average Bonchev–Trinajstić information content (AvgIpc) is 3.36.